The molecule has 1 heterocycles. The lowest BCUT2D eigenvalue weighted by molar-refractivity contribution is -0.107. The summed E-state index contributed by atoms with van der Waals surface area (Å²) in [6.45, 7) is 0. The van der Waals surface area contributed by atoms with Gasteiger partial charge in [0.25, 0.3) is 0 Å². The van der Waals surface area contributed by atoms with Gasteiger partial charge in [-0.1, -0.05) is 0 Å². The number of aromatic nitrogens is 1. The lowest BCUT2D eigenvalue weighted by Gasteiger charge is -1.94. The van der Waals surface area contributed by atoms with Gasteiger partial charge >= 0.3 is 0 Å². The second-order valence-electron chi connectivity index (χ2n) is 2.16. The van der Waals surface area contributed by atoms with E-state index in [4.69, 9.17) is 0 Å². The summed E-state index contributed by atoms with van der Waals surface area (Å²) >= 11 is 0. The largest absolute Gasteiger partial charge is 0.303 e. The average molecular weight is 167 g/mol. The minimum Gasteiger partial charge on any atom is -0.303 e. The monoisotopic (exact) mass is 167 g/mol. The maximum atomic E-state index is 12.2. The molecule has 0 N–H and O–H groups in total. The predicted molar refractivity (Wildman–Crippen MR) is 39.2 cm³/mol. The Morgan fingerprint density at radius 2 is 2.33 bits per heavy atom. The quantitative estimate of drug-likeness (QED) is 0.292. The summed E-state index contributed by atoms with van der Waals surface area (Å²) in [5.74, 6) is -0.991. The minimum absolute atomic E-state index is 0.187. The molecule has 0 aliphatic carbocycles. The zero-order valence-corrected chi connectivity index (χ0v) is 6.16. The van der Waals surface area contributed by atoms with Crippen LogP contribution in [0.5, 0.6) is 0 Å². The van der Waals surface area contributed by atoms with E-state index in [1.165, 1.54) is 6.07 Å². The van der Waals surface area contributed by atoms with E-state index < -0.39 is 5.95 Å². The molecule has 0 bridgehead atoms. The number of rotatable bonds is 3. The van der Waals surface area contributed by atoms with Crippen LogP contribution in [0.15, 0.2) is 18.3 Å². The molecule has 0 saturated heterocycles. The van der Waals surface area contributed by atoms with E-state index in [2.05, 4.69) is 4.98 Å². The second kappa shape index (κ2) is 3.71. The Morgan fingerprint density at radius 1 is 1.58 bits per heavy atom. The third-order valence-corrected chi connectivity index (χ3v) is 1.32. The van der Waals surface area contributed by atoms with E-state index in [-0.39, 0.29) is 17.8 Å². The van der Waals surface area contributed by atoms with Gasteiger partial charge in [-0.3, -0.25) is 4.79 Å². The first kappa shape index (κ1) is 8.52. The third kappa shape index (κ3) is 1.95. The first-order valence-corrected chi connectivity index (χ1v) is 3.32. The van der Waals surface area contributed by atoms with Crippen LogP contribution in [0.2, 0.25) is 0 Å². The van der Waals surface area contributed by atoms with Gasteiger partial charge in [-0.25, -0.2) is 4.98 Å². The molecule has 1 aromatic heterocycles. The van der Waals surface area contributed by atoms with Crippen molar-refractivity contribution in [2.45, 2.75) is 6.42 Å². The summed E-state index contributed by atoms with van der Waals surface area (Å²) in [4.78, 5) is 24.2. The number of carbonyl (C=O) groups is 2. The molecule has 0 aliphatic heterocycles. The molecule has 1 rings (SSSR count). The molecule has 0 atom stereocenters. The maximum absolute atomic E-state index is 12.2. The highest BCUT2D eigenvalue weighted by atomic mass is 19.1. The van der Waals surface area contributed by atoms with Crippen molar-refractivity contribution in [2.75, 3.05) is 0 Å². The highest BCUT2D eigenvalue weighted by Crippen LogP contribution is 2.01. The predicted octanol–water partition coefficient (Wildman–Crippen LogP) is 0.992. The number of carbonyl (C=O) groups excluding carboxylic acids is 2. The lowest BCUT2D eigenvalue weighted by atomic mass is 10.1. The normalized spacial score (nSPS) is 9.42. The molecule has 0 saturated carbocycles. The van der Waals surface area contributed by atoms with Crippen molar-refractivity contribution in [3.63, 3.8) is 0 Å². The van der Waals surface area contributed by atoms with Crippen LogP contribution in [0.1, 0.15) is 16.8 Å². The van der Waals surface area contributed by atoms with Gasteiger partial charge in [-0.05, 0) is 12.1 Å². The second-order valence-corrected chi connectivity index (χ2v) is 2.16. The van der Waals surface area contributed by atoms with Crippen LogP contribution < -0.4 is 0 Å². The smallest absolute Gasteiger partial charge is 0.212 e. The lowest BCUT2D eigenvalue weighted by Crippen LogP contribution is -2.00. The molecule has 0 fully saturated rings. The van der Waals surface area contributed by atoms with E-state index in [1.54, 1.807) is 0 Å². The molecule has 0 aromatic carbocycles. The van der Waals surface area contributed by atoms with Gasteiger partial charge in [-0.2, -0.15) is 4.39 Å². The number of pyridine rings is 1. The Morgan fingerprint density at radius 3 is 2.83 bits per heavy atom. The number of hydrogen-bond acceptors (Lipinski definition) is 3. The number of hydrogen-bond donors (Lipinski definition) is 0. The van der Waals surface area contributed by atoms with Gasteiger partial charge < -0.3 is 4.79 Å². The van der Waals surface area contributed by atoms with Crippen molar-refractivity contribution in [1.82, 2.24) is 4.98 Å². The first-order valence-electron chi connectivity index (χ1n) is 3.32. The van der Waals surface area contributed by atoms with Crippen molar-refractivity contribution in [3.05, 3.63) is 29.8 Å². The van der Waals surface area contributed by atoms with E-state index >= 15 is 0 Å². The molecule has 3 nitrogen and oxygen atoms in total. The van der Waals surface area contributed by atoms with Gasteiger partial charge in [0.15, 0.2) is 5.78 Å². The Labute approximate surface area is 68.2 Å². The van der Waals surface area contributed by atoms with Crippen molar-refractivity contribution < 1.29 is 14.0 Å². The Bertz CT molecular complexity index is 294. The van der Waals surface area contributed by atoms with E-state index in [0.29, 0.717) is 6.29 Å². The molecule has 0 aliphatic rings. The average Bonchev–Trinajstić information content (AvgIpc) is 2.06. The summed E-state index contributed by atoms with van der Waals surface area (Å²) in [6, 6.07) is 2.38. The summed E-state index contributed by atoms with van der Waals surface area (Å²) in [7, 11) is 0. The minimum atomic E-state index is -0.641. The topological polar surface area (TPSA) is 47.0 Å². The summed E-state index contributed by atoms with van der Waals surface area (Å²) in [6.07, 6.45) is 1.43. The molecule has 12 heavy (non-hydrogen) atoms. The molecule has 0 radical (unpaired) electrons. The fourth-order valence-electron chi connectivity index (χ4n) is 0.734. The number of nitrogens with zero attached hydrogens (tertiary/aromatic N) is 1. The van der Waals surface area contributed by atoms with Crippen LogP contribution in [-0.2, 0) is 4.79 Å². The fraction of sp³-hybridized carbons (Fsp3) is 0.125. The molecular weight excluding hydrogens is 161 g/mol. The standard InChI is InChI=1S/C8H6FNO2/c9-8-2-1-6(5-10-8)7(12)3-4-11/h1-2,4-5H,3H2. The van der Waals surface area contributed by atoms with Gasteiger partial charge in [0.05, 0.1) is 6.42 Å². The van der Waals surface area contributed by atoms with Crippen LogP contribution in [-0.4, -0.2) is 17.1 Å². The molecule has 62 valence electrons. The van der Waals surface area contributed by atoms with Crippen molar-refractivity contribution in [3.8, 4) is 0 Å². The number of aldehydes is 1. The summed E-state index contributed by atoms with van der Waals surface area (Å²) in [5.41, 5.74) is 0.253. The number of halogens is 1. The molecule has 4 heteroatoms. The highest BCUT2D eigenvalue weighted by Gasteiger charge is 2.04. The first-order chi connectivity index (χ1) is 5.74. The van der Waals surface area contributed by atoms with Gasteiger partial charge in [0, 0.05) is 11.8 Å². The number of Topliss-reactive ketones (excluding diaryl/α,β-unsaturated/α-hetero) is 1. The van der Waals surface area contributed by atoms with Crippen LogP contribution in [0, 0.1) is 5.95 Å². The van der Waals surface area contributed by atoms with E-state index in [9.17, 15) is 14.0 Å². The van der Waals surface area contributed by atoms with Gasteiger partial charge in [-0.15, -0.1) is 0 Å². The van der Waals surface area contributed by atoms with E-state index in [0.717, 1.165) is 12.3 Å². The zero-order chi connectivity index (χ0) is 8.97. The molecule has 0 unspecified atom stereocenters. The van der Waals surface area contributed by atoms with Gasteiger partial charge in [0.2, 0.25) is 5.95 Å². The SMILES string of the molecule is O=CCC(=O)c1ccc(F)nc1. The van der Waals surface area contributed by atoms with E-state index in [1.807, 2.05) is 0 Å². The zero-order valence-electron chi connectivity index (χ0n) is 6.16. The summed E-state index contributed by atoms with van der Waals surface area (Å²) in [5, 5.41) is 0. The highest BCUT2D eigenvalue weighted by molar-refractivity contribution is 6.02. The van der Waals surface area contributed by atoms with Crippen molar-refractivity contribution in [2.24, 2.45) is 0 Å². The molecule has 0 amide bonds. The third-order valence-electron chi connectivity index (χ3n) is 1.32. The van der Waals surface area contributed by atoms with Crippen LogP contribution in [0.4, 0.5) is 4.39 Å². The van der Waals surface area contributed by atoms with Crippen LogP contribution in [0.25, 0.3) is 0 Å². The molecule has 1 aromatic rings. The Hall–Kier alpha value is -1.58. The van der Waals surface area contributed by atoms with Crippen LogP contribution in [0.3, 0.4) is 0 Å². The summed E-state index contributed by atoms with van der Waals surface area (Å²) < 4.78 is 12.2. The Kier molecular flexibility index (Phi) is 2.63. The maximum Gasteiger partial charge on any atom is 0.212 e. The molecular formula is C8H6FNO2. The van der Waals surface area contributed by atoms with Crippen LogP contribution >= 0.6 is 0 Å². The fourth-order valence-corrected chi connectivity index (χ4v) is 0.734. The van der Waals surface area contributed by atoms with Crippen molar-refractivity contribution >= 4 is 12.1 Å². The Balaban J connectivity index is 2.82. The van der Waals surface area contributed by atoms with Crippen molar-refractivity contribution in [1.29, 1.82) is 0 Å². The molecule has 0 spiro atoms. The van der Waals surface area contributed by atoms with Gasteiger partial charge in [0.1, 0.15) is 6.29 Å². The number of ketones is 1.